The molecule has 0 bridgehead atoms. The minimum Gasteiger partial charge on any atom is -0.459 e. The van der Waals surface area contributed by atoms with Crippen LogP contribution in [0.25, 0.3) is 0 Å². The van der Waals surface area contributed by atoms with Gasteiger partial charge in [0.2, 0.25) is 0 Å². The first kappa shape index (κ1) is 20.7. The molecule has 1 aliphatic heterocycles. The third-order valence-corrected chi connectivity index (χ3v) is 4.78. The summed E-state index contributed by atoms with van der Waals surface area (Å²) in [5.41, 5.74) is -3.77. The highest BCUT2D eigenvalue weighted by Crippen LogP contribution is 2.55. The third-order valence-electron chi connectivity index (χ3n) is 4.78. The van der Waals surface area contributed by atoms with E-state index in [1.54, 1.807) is 0 Å². The zero-order valence-corrected chi connectivity index (χ0v) is 14.6. The summed E-state index contributed by atoms with van der Waals surface area (Å²) in [7, 11) is 0. The van der Waals surface area contributed by atoms with Crippen LogP contribution in [0.5, 0.6) is 0 Å². The second-order valence-electron chi connectivity index (χ2n) is 6.56. The standard InChI is InChI=1S/C18H14F6N2O3/c19-17(20,21)16(18(22,23)24)7-8-26(10-16)15(28)11-3-5-12(6-4-11)25-14(27)13-2-1-9-29-13/h1-6,9H,7-8,10H2,(H,25,27). The number of nitrogens with zero attached hydrogens (tertiary/aromatic N) is 1. The number of amides is 2. The Morgan fingerprint density at radius 1 is 1.00 bits per heavy atom. The topological polar surface area (TPSA) is 62.6 Å². The molecule has 1 saturated heterocycles. The van der Waals surface area contributed by atoms with E-state index in [0.29, 0.717) is 4.90 Å². The fourth-order valence-corrected chi connectivity index (χ4v) is 3.09. The SMILES string of the molecule is O=C(Nc1ccc(C(=O)N2CCC(C(F)(F)F)(C(F)(F)F)C2)cc1)c1ccco1. The van der Waals surface area contributed by atoms with Crippen molar-refractivity contribution in [3.63, 3.8) is 0 Å². The summed E-state index contributed by atoms with van der Waals surface area (Å²) < 4.78 is 83.7. The molecule has 0 radical (unpaired) electrons. The quantitative estimate of drug-likeness (QED) is 0.745. The molecule has 0 aliphatic carbocycles. The zero-order chi connectivity index (χ0) is 21.4. The van der Waals surface area contributed by atoms with E-state index in [9.17, 15) is 35.9 Å². The molecule has 0 atom stereocenters. The first-order chi connectivity index (χ1) is 13.4. The van der Waals surface area contributed by atoms with Crippen molar-refractivity contribution in [3.8, 4) is 0 Å². The van der Waals surface area contributed by atoms with Crippen molar-refractivity contribution in [1.82, 2.24) is 4.90 Å². The summed E-state index contributed by atoms with van der Waals surface area (Å²) >= 11 is 0. The largest absolute Gasteiger partial charge is 0.459 e. The Hall–Kier alpha value is -2.98. The number of hydrogen-bond donors (Lipinski definition) is 1. The van der Waals surface area contributed by atoms with Gasteiger partial charge in [-0.2, -0.15) is 26.3 Å². The number of rotatable bonds is 3. The van der Waals surface area contributed by atoms with Crippen molar-refractivity contribution < 1.29 is 40.3 Å². The molecule has 0 saturated carbocycles. The van der Waals surface area contributed by atoms with Gasteiger partial charge in [-0.3, -0.25) is 9.59 Å². The van der Waals surface area contributed by atoms with Crippen LogP contribution in [0, 0.1) is 5.41 Å². The number of carbonyl (C=O) groups excluding carboxylic acids is 2. The lowest BCUT2D eigenvalue weighted by Crippen LogP contribution is -2.52. The van der Waals surface area contributed by atoms with Crippen LogP contribution in [0.2, 0.25) is 0 Å². The Labute approximate surface area is 160 Å². The molecular weight excluding hydrogens is 406 g/mol. The van der Waals surface area contributed by atoms with Gasteiger partial charge in [0.05, 0.1) is 6.26 Å². The lowest BCUT2D eigenvalue weighted by atomic mass is 9.85. The van der Waals surface area contributed by atoms with Gasteiger partial charge in [-0.15, -0.1) is 0 Å². The Kier molecular flexibility index (Phi) is 5.10. The number of carbonyl (C=O) groups is 2. The van der Waals surface area contributed by atoms with Gasteiger partial charge in [-0.05, 0) is 42.8 Å². The second kappa shape index (κ2) is 7.12. The van der Waals surface area contributed by atoms with Gasteiger partial charge < -0.3 is 14.6 Å². The number of anilines is 1. The Bertz CT molecular complexity index is 874. The van der Waals surface area contributed by atoms with Crippen LogP contribution in [-0.2, 0) is 0 Å². The van der Waals surface area contributed by atoms with E-state index in [1.165, 1.54) is 42.7 Å². The Morgan fingerprint density at radius 2 is 1.62 bits per heavy atom. The predicted molar refractivity (Wildman–Crippen MR) is 88.2 cm³/mol. The van der Waals surface area contributed by atoms with Crippen LogP contribution >= 0.6 is 0 Å². The average molecular weight is 420 g/mol. The number of nitrogens with one attached hydrogen (secondary N) is 1. The number of halogens is 6. The molecule has 2 amide bonds. The molecule has 1 aromatic heterocycles. The summed E-state index contributed by atoms with van der Waals surface area (Å²) in [5.74, 6) is -1.48. The Morgan fingerprint density at radius 3 is 2.10 bits per heavy atom. The van der Waals surface area contributed by atoms with E-state index in [1.807, 2.05) is 0 Å². The van der Waals surface area contributed by atoms with E-state index >= 15 is 0 Å². The average Bonchev–Trinajstić information content (AvgIpc) is 3.31. The van der Waals surface area contributed by atoms with E-state index in [0.717, 1.165) is 0 Å². The van der Waals surface area contributed by atoms with Gasteiger partial charge in [-0.1, -0.05) is 0 Å². The summed E-state index contributed by atoms with van der Waals surface area (Å²) in [4.78, 5) is 24.8. The highest BCUT2D eigenvalue weighted by molar-refractivity contribution is 6.02. The normalized spacial score (nSPS) is 16.7. The summed E-state index contributed by atoms with van der Waals surface area (Å²) in [6.45, 7) is -2.16. The predicted octanol–water partition coefficient (Wildman–Crippen LogP) is 4.49. The van der Waals surface area contributed by atoms with E-state index in [-0.39, 0.29) is 17.0 Å². The lowest BCUT2D eigenvalue weighted by Gasteiger charge is -2.33. The summed E-state index contributed by atoms with van der Waals surface area (Å²) in [6, 6.07) is 7.97. The highest BCUT2D eigenvalue weighted by atomic mass is 19.4. The van der Waals surface area contributed by atoms with Gasteiger partial charge in [0, 0.05) is 24.3 Å². The second-order valence-corrected chi connectivity index (χ2v) is 6.56. The molecule has 11 heteroatoms. The van der Waals surface area contributed by atoms with Gasteiger partial charge >= 0.3 is 12.4 Å². The first-order valence-corrected chi connectivity index (χ1v) is 8.32. The van der Waals surface area contributed by atoms with Crippen LogP contribution in [0.1, 0.15) is 27.3 Å². The van der Waals surface area contributed by atoms with Crippen molar-refractivity contribution in [3.05, 3.63) is 54.0 Å². The van der Waals surface area contributed by atoms with Crippen molar-refractivity contribution in [2.45, 2.75) is 18.8 Å². The van der Waals surface area contributed by atoms with Gasteiger partial charge in [0.1, 0.15) is 0 Å². The van der Waals surface area contributed by atoms with Crippen LogP contribution < -0.4 is 5.32 Å². The van der Waals surface area contributed by atoms with Gasteiger partial charge in [0.15, 0.2) is 11.2 Å². The lowest BCUT2D eigenvalue weighted by molar-refractivity contribution is -0.334. The van der Waals surface area contributed by atoms with E-state index in [4.69, 9.17) is 4.42 Å². The maximum Gasteiger partial charge on any atom is 0.404 e. The molecule has 1 N–H and O–H groups in total. The number of furan rings is 1. The van der Waals surface area contributed by atoms with Gasteiger partial charge in [0.25, 0.3) is 11.8 Å². The van der Waals surface area contributed by atoms with Gasteiger partial charge in [-0.25, -0.2) is 0 Å². The van der Waals surface area contributed by atoms with Crippen LogP contribution in [0.4, 0.5) is 32.0 Å². The monoisotopic (exact) mass is 420 g/mol. The third kappa shape index (κ3) is 3.81. The van der Waals surface area contributed by atoms with E-state index in [2.05, 4.69) is 5.32 Å². The molecule has 0 unspecified atom stereocenters. The van der Waals surface area contributed by atoms with Crippen LogP contribution in [0.15, 0.2) is 47.1 Å². The molecule has 1 fully saturated rings. The molecule has 2 aromatic rings. The van der Waals surface area contributed by atoms with Crippen molar-refractivity contribution in [2.24, 2.45) is 5.41 Å². The maximum atomic E-state index is 13.1. The number of alkyl halides is 6. The minimum absolute atomic E-state index is 0.0397. The molecule has 156 valence electrons. The van der Waals surface area contributed by atoms with Crippen LogP contribution in [-0.4, -0.2) is 42.2 Å². The van der Waals surface area contributed by atoms with Crippen molar-refractivity contribution >= 4 is 17.5 Å². The summed E-state index contributed by atoms with van der Waals surface area (Å²) in [5, 5.41) is 2.48. The molecule has 2 heterocycles. The van der Waals surface area contributed by atoms with E-state index < -0.39 is 49.1 Å². The minimum atomic E-state index is -5.53. The number of hydrogen-bond acceptors (Lipinski definition) is 3. The first-order valence-electron chi connectivity index (χ1n) is 8.32. The Balaban J connectivity index is 1.72. The maximum absolute atomic E-state index is 13.1. The molecule has 0 spiro atoms. The number of likely N-dealkylation sites (tertiary alicyclic amines) is 1. The highest BCUT2D eigenvalue weighted by Gasteiger charge is 2.72. The fourth-order valence-electron chi connectivity index (χ4n) is 3.09. The van der Waals surface area contributed by atoms with Crippen molar-refractivity contribution in [1.29, 1.82) is 0 Å². The molecule has 1 aromatic carbocycles. The molecule has 5 nitrogen and oxygen atoms in total. The molecular formula is C18H14F6N2O3. The summed E-state index contributed by atoms with van der Waals surface area (Å²) in [6.07, 6.45) is -11.0. The van der Waals surface area contributed by atoms with Crippen LogP contribution in [0.3, 0.4) is 0 Å². The number of benzene rings is 1. The smallest absolute Gasteiger partial charge is 0.404 e. The fraction of sp³-hybridized carbons (Fsp3) is 0.333. The molecule has 29 heavy (non-hydrogen) atoms. The van der Waals surface area contributed by atoms with Crippen molar-refractivity contribution in [2.75, 3.05) is 18.4 Å². The zero-order valence-electron chi connectivity index (χ0n) is 14.6. The molecule has 3 rings (SSSR count). The molecule has 1 aliphatic rings.